The third-order valence-corrected chi connectivity index (χ3v) is 6.13. The molecule has 0 aliphatic rings. The van der Waals surface area contributed by atoms with Gasteiger partial charge < -0.3 is 0 Å². The number of nitrogens with zero attached hydrogens (tertiary/aromatic N) is 2. The number of hydrogen-bond donors (Lipinski definition) is 0. The highest BCUT2D eigenvalue weighted by Gasteiger charge is 2.20. The van der Waals surface area contributed by atoms with Gasteiger partial charge in [0.1, 0.15) is 10.7 Å². The Hall–Kier alpha value is -1.77. The number of carbonyl (C=O) groups excluding carboxylic acids is 1. The fraction of sp³-hybridized carbons (Fsp3) is 0.250. The number of benzene rings is 1. The van der Waals surface area contributed by atoms with Gasteiger partial charge in [-0.1, -0.05) is 11.8 Å². The summed E-state index contributed by atoms with van der Waals surface area (Å²) in [6.07, 6.45) is 1.27. The van der Waals surface area contributed by atoms with Crippen molar-refractivity contribution < 1.29 is 17.6 Å². The number of halogens is 1. The van der Waals surface area contributed by atoms with Crippen LogP contribution < -0.4 is 0 Å². The summed E-state index contributed by atoms with van der Waals surface area (Å²) in [7, 11) is -0.635. The predicted molar refractivity (Wildman–Crippen MR) is 91.2 cm³/mol. The van der Waals surface area contributed by atoms with Crippen molar-refractivity contribution in [3.63, 3.8) is 0 Å². The van der Waals surface area contributed by atoms with Gasteiger partial charge in [-0.05, 0) is 43.3 Å². The molecule has 0 radical (unpaired) electrons. The Morgan fingerprint density at radius 1 is 1.17 bits per heavy atom. The average Bonchev–Trinajstić information content (AvgIpc) is 2.55. The minimum atomic E-state index is -3.53. The molecule has 5 nitrogen and oxygen atoms in total. The summed E-state index contributed by atoms with van der Waals surface area (Å²) >= 11 is 1.22. The number of carbonyl (C=O) groups is 1. The zero-order chi connectivity index (χ0) is 17.9. The van der Waals surface area contributed by atoms with E-state index in [0.29, 0.717) is 10.6 Å². The molecule has 0 N–H and O–H groups in total. The van der Waals surface area contributed by atoms with Gasteiger partial charge in [0.25, 0.3) is 0 Å². The number of ketones is 1. The molecule has 1 heterocycles. The van der Waals surface area contributed by atoms with Crippen LogP contribution in [0.3, 0.4) is 0 Å². The number of sulfonamides is 1. The number of Topliss-reactive ketones (excluding diaryl/α,β-unsaturated/α-hetero) is 1. The second-order valence-electron chi connectivity index (χ2n) is 5.25. The summed E-state index contributed by atoms with van der Waals surface area (Å²) < 4.78 is 38.0. The van der Waals surface area contributed by atoms with E-state index in [2.05, 4.69) is 4.98 Å². The quantitative estimate of drug-likeness (QED) is 0.579. The normalized spacial score (nSPS) is 13.0. The number of aromatic nitrogens is 1. The Morgan fingerprint density at radius 2 is 1.79 bits per heavy atom. The molecule has 24 heavy (non-hydrogen) atoms. The van der Waals surface area contributed by atoms with Crippen molar-refractivity contribution >= 4 is 27.6 Å². The Morgan fingerprint density at radius 3 is 2.29 bits per heavy atom. The maximum absolute atomic E-state index is 12.9. The number of pyridine rings is 1. The first-order chi connectivity index (χ1) is 11.2. The van der Waals surface area contributed by atoms with E-state index in [1.54, 1.807) is 13.0 Å². The van der Waals surface area contributed by atoms with Gasteiger partial charge in [0.2, 0.25) is 10.0 Å². The van der Waals surface area contributed by atoms with Gasteiger partial charge in [0.15, 0.2) is 5.78 Å². The molecule has 0 aliphatic heterocycles. The monoisotopic (exact) mass is 368 g/mol. The van der Waals surface area contributed by atoms with Crippen molar-refractivity contribution in [1.82, 2.24) is 9.29 Å². The first-order valence-corrected chi connectivity index (χ1v) is 9.39. The second-order valence-corrected chi connectivity index (χ2v) is 8.76. The van der Waals surface area contributed by atoms with Crippen molar-refractivity contribution in [3.8, 4) is 0 Å². The minimum absolute atomic E-state index is 0.0920. The van der Waals surface area contributed by atoms with Gasteiger partial charge in [-0.2, -0.15) is 0 Å². The average molecular weight is 368 g/mol. The van der Waals surface area contributed by atoms with Crippen LogP contribution in [0, 0.1) is 5.82 Å². The lowest BCUT2D eigenvalue weighted by Gasteiger charge is -2.12. The van der Waals surface area contributed by atoms with E-state index < -0.39 is 21.1 Å². The van der Waals surface area contributed by atoms with Crippen LogP contribution in [0.2, 0.25) is 0 Å². The molecule has 0 saturated heterocycles. The van der Waals surface area contributed by atoms with Crippen LogP contribution in [0.5, 0.6) is 0 Å². The summed E-state index contributed by atoms with van der Waals surface area (Å²) in [6, 6.07) is 8.38. The van der Waals surface area contributed by atoms with Crippen molar-refractivity contribution in [2.75, 3.05) is 14.1 Å². The van der Waals surface area contributed by atoms with E-state index in [1.807, 2.05) is 0 Å². The summed E-state index contributed by atoms with van der Waals surface area (Å²) in [6.45, 7) is 1.72. The highest BCUT2D eigenvalue weighted by molar-refractivity contribution is 8.00. The van der Waals surface area contributed by atoms with Crippen molar-refractivity contribution in [3.05, 3.63) is 54.0 Å². The molecule has 1 unspecified atom stereocenters. The fourth-order valence-electron chi connectivity index (χ4n) is 1.88. The number of rotatable bonds is 6. The highest BCUT2D eigenvalue weighted by Crippen LogP contribution is 2.25. The topological polar surface area (TPSA) is 67.3 Å². The van der Waals surface area contributed by atoms with E-state index in [4.69, 9.17) is 0 Å². The molecule has 0 fully saturated rings. The summed E-state index contributed by atoms with van der Waals surface area (Å²) in [4.78, 5) is 16.5. The van der Waals surface area contributed by atoms with E-state index in [0.717, 1.165) is 4.31 Å². The Bertz CT molecular complexity index is 819. The van der Waals surface area contributed by atoms with Crippen LogP contribution in [0.15, 0.2) is 52.5 Å². The van der Waals surface area contributed by atoms with Crippen LogP contribution in [0.4, 0.5) is 4.39 Å². The maximum atomic E-state index is 12.9. The molecule has 1 atom stereocenters. The maximum Gasteiger partial charge on any atom is 0.244 e. The van der Waals surface area contributed by atoms with Crippen LogP contribution >= 0.6 is 11.8 Å². The van der Waals surface area contributed by atoms with E-state index >= 15 is 0 Å². The van der Waals surface area contributed by atoms with Crippen molar-refractivity contribution in [2.24, 2.45) is 0 Å². The zero-order valence-corrected chi connectivity index (χ0v) is 15.1. The van der Waals surface area contributed by atoms with Gasteiger partial charge >= 0.3 is 0 Å². The van der Waals surface area contributed by atoms with E-state index in [-0.39, 0.29) is 10.7 Å². The predicted octanol–water partition coefficient (Wildman–Crippen LogP) is 2.83. The molecule has 0 amide bonds. The lowest BCUT2D eigenvalue weighted by molar-refractivity contribution is 0.0994. The van der Waals surface area contributed by atoms with Crippen molar-refractivity contribution in [1.29, 1.82) is 0 Å². The van der Waals surface area contributed by atoms with Gasteiger partial charge in [0.05, 0.1) is 10.3 Å². The molecule has 2 rings (SSSR count). The summed E-state index contributed by atoms with van der Waals surface area (Å²) in [5, 5.41) is 0.106. The summed E-state index contributed by atoms with van der Waals surface area (Å²) in [5.41, 5.74) is 0.420. The smallest absolute Gasteiger partial charge is 0.244 e. The summed E-state index contributed by atoms with van der Waals surface area (Å²) in [5.74, 6) is -0.544. The minimum Gasteiger partial charge on any atom is -0.293 e. The molecular weight excluding hydrogens is 351 g/mol. The van der Waals surface area contributed by atoms with Crippen LogP contribution in [0.25, 0.3) is 0 Å². The van der Waals surface area contributed by atoms with Crippen molar-refractivity contribution in [2.45, 2.75) is 22.1 Å². The Balaban J connectivity index is 2.11. The first kappa shape index (κ1) is 18.6. The standard InChI is InChI=1S/C16H17FN2O3S2/c1-11(16(20)12-4-6-13(17)7-5-12)23-15-9-8-14(10-18-15)24(21,22)19(2)3/h4-11H,1-3H3. The molecule has 2 aromatic rings. The highest BCUT2D eigenvalue weighted by atomic mass is 32.2. The zero-order valence-electron chi connectivity index (χ0n) is 13.4. The molecule has 1 aromatic carbocycles. The molecule has 128 valence electrons. The molecular formula is C16H17FN2O3S2. The first-order valence-electron chi connectivity index (χ1n) is 7.07. The Labute approximate surface area is 145 Å². The fourth-order valence-corrected chi connectivity index (χ4v) is 3.60. The van der Waals surface area contributed by atoms with Gasteiger partial charge in [-0.15, -0.1) is 0 Å². The van der Waals surface area contributed by atoms with Crippen LogP contribution in [-0.4, -0.2) is 42.8 Å². The molecule has 0 bridgehead atoms. The van der Waals surface area contributed by atoms with Gasteiger partial charge in [0, 0.05) is 25.9 Å². The third kappa shape index (κ3) is 4.19. The SMILES string of the molecule is CC(Sc1ccc(S(=O)(=O)N(C)C)cn1)C(=O)c1ccc(F)cc1. The van der Waals surface area contributed by atoms with Crippen LogP contribution in [0.1, 0.15) is 17.3 Å². The second kappa shape index (κ2) is 7.42. The van der Waals surface area contributed by atoms with E-state index in [1.165, 1.54) is 62.4 Å². The van der Waals surface area contributed by atoms with E-state index in [9.17, 15) is 17.6 Å². The van der Waals surface area contributed by atoms with Gasteiger partial charge in [-0.3, -0.25) is 4.79 Å². The molecule has 1 aromatic heterocycles. The number of thioether (sulfide) groups is 1. The largest absolute Gasteiger partial charge is 0.293 e. The van der Waals surface area contributed by atoms with Crippen LogP contribution in [-0.2, 0) is 10.0 Å². The van der Waals surface area contributed by atoms with Gasteiger partial charge in [-0.25, -0.2) is 22.1 Å². The lowest BCUT2D eigenvalue weighted by atomic mass is 10.1. The third-order valence-electron chi connectivity index (χ3n) is 3.28. The molecule has 0 spiro atoms. The molecule has 0 aliphatic carbocycles. The lowest BCUT2D eigenvalue weighted by Crippen LogP contribution is -2.22. The molecule has 8 heteroatoms. The number of hydrogen-bond acceptors (Lipinski definition) is 5. The molecule has 0 saturated carbocycles. The Kier molecular flexibility index (Phi) is 5.74.